The molecule has 0 spiro atoms. The van der Waals surface area contributed by atoms with Crippen LogP contribution in [0.5, 0.6) is 0 Å². The largest absolute Gasteiger partial charge is 0.481 e. The summed E-state index contributed by atoms with van der Waals surface area (Å²) >= 11 is 0. The van der Waals surface area contributed by atoms with Gasteiger partial charge in [0.05, 0.1) is 6.42 Å². The molecule has 0 amide bonds. The Morgan fingerprint density at radius 3 is 2.88 bits per heavy atom. The maximum absolute atomic E-state index is 10.5. The minimum atomic E-state index is -0.794. The molecule has 1 aliphatic rings. The number of aliphatic carboxylic acids is 1. The van der Waals surface area contributed by atoms with Crippen molar-refractivity contribution in [2.45, 2.75) is 39.0 Å². The van der Waals surface area contributed by atoms with Gasteiger partial charge in [-0.1, -0.05) is 0 Å². The summed E-state index contributed by atoms with van der Waals surface area (Å²) in [5, 5.41) is 11.7. The van der Waals surface area contributed by atoms with Gasteiger partial charge in [0.2, 0.25) is 0 Å². The Kier molecular flexibility index (Phi) is 3.56. The van der Waals surface area contributed by atoms with E-state index in [1.165, 1.54) is 12.0 Å². The number of carboxylic acid groups (broad SMARTS) is 1. The van der Waals surface area contributed by atoms with E-state index in [-0.39, 0.29) is 6.42 Å². The number of hydrogen-bond acceptors (Lipinski definition) is 4. The molecule has 0 unspecified atom stereocenters. The molecule has 0 saturated carbocycles. The summed E-state index contributed by atoms with van der Waals surface area (Å²) in [5.41, 5.74) is 2.30. The van der Waals surface area contributed by atoms with E-state index in [0.717, 1.165) is 36.6 Å². The molecule has 0 fully saturated rings. The predicted octanol–water partition coefficient (Wildman–Crippen LogP) is 1.55. The van der Waals surface area contributed by atoms with Crippen LogP contribution in [0.2, 0.25) is 0 Å². The van der Waals surface area contributed by atoms with Gasteiger partial charge in [-0.15, -0.1) is 0 Å². The van der Waals surface area contributed by atoms with Crippen LogP contribution >= 0.6 is 0 Å². The van der Waals surface area contributed by atoms with E-state index >= 15 is 0 Å². The normalized spacial score (nSPS) is 14.2. The number of carboxylic acids is 1. The lowest BCUT2D eigenvalue weighted by Gasteiger charge is -2.18. The molecule has 2 rings (SSSR count). The van der Waals surface area contributed by atoms with Crippen molar-refractivity contribution in [1.82, 2.24) is 9.97 Å². The monoisotopic (exact) mass is 235 g/mol. The van der Waals surface area contributed by atoms with Gasteiger partial charge >= 0.3 is 5.97 Å². The first-order chi connectivity index (χ1) is 8.16. The molecule has 1 heterocycles. The van der Waals surface area contributed by atoms with E-state index in [4.69, 9.17) is 5.11 Å². The summed E-state index contributed by atoms with van der Waals surface area (Å²) < 4.78 is 0. The van der Waals surface area contributed by atoms with Crippen molar-refractivity contribution in [2.24, 2.45) is 0 Å². The first kappa shape index (κ1) is 11.8. The van der Waals surface area contributed by atoms with Crippen LogP contribution in [0.25, 0.3) is 0 Å². The minimum Gasteiger partial charge on any atom is -0.481 e. The fourth-order valence-corrected chi connectivity index (χ4v) is 2.15. The fraction of sp³-hybridized carbons (Fsp3) is 0.583. The highest BCUT2D eigenvalue weighted by molar-refractivity contribution is 5.67. The Morgan fingerprint density at radius 2 is 2.12 bits per heavy atom. The highest BCUT2D eigenvalue weighted by atomic mass is 16.4. The molecular weight excluding hydrogens is 218 g/mol. The van der Waals surface area contributed by atoms with Crippen LogP contribution in [0, 0.1) is 6.92 Å². The smallest absolute Gasteiger partial charge is 0.305 e. The maximum atomic E-state index is 10.5. The first-order valence-electron chi connectivity index (χ1n) is 5.99. The molecular formula is C12H17N3O2. The number of aromatic nitrogens is 2. The van der Waals surface area contributed by atoms with Crippen molar-refractivity contribution in [3.05, 3.63) is 17.1 Å². The number of rotatable bonds is 4. The lowest BCUT2D eigenvalue weighted by molar-refractivity contribution is -0.136. The van der Waals surface area contributed by atoms with Crippen LogP contribution in [0.1, 0.15) is 36.3 Å². The van der Waals surface area contributed by atoms with Gasteiger partial charge in [0.15, 0.2) is 0 Å². The van der Waals surface area contributed by atoms with E-state index in [2.05, 4.69) is 15.3 Å². The van der Waals surface area contributed by atoms with Gasteiger partial charge in [-0.3, -0.25) is 4.79 Å². The Balaban J connectivity index is 2.14. The summed E-state index contributed by atoms with van der Waals surface area (Å²) in [6.07, 6.45) is 4.44. The van der Waals surface area contributed by atoms with Crippen molar-refractivity contribution in [3.8, 4) is 0 Å². The number of fused-ring (bicyclic) bond motifs is 1. The summed E-state index contributed by atoms with van der Waals surface area (Å²) in [6, 6.07) is 0. The summed E-state index contributed by atoms with van der Waals surface area (Å²) in [7, 11) is 0. The minimum absolute atomic E-state index is 0.109. The number of carbonyl (C=O) groups is 1. The zero-order valence-electron chi connectivity index (χ0n) is 9.99. The lowest BCUT2D eigenvalue weighted by atomic mass is 9.96. The van der Waals surface area contributed by atoms with Gasteiger partial charge in [-0.2, -0.15) is 0 Å². The molecule has 0 saturated heterocycles. The molecule has 92 valence electrons. The van der Waals surface area contributed by atoms with Gasteiger partial charge in [-0.05, 0) is 32.6 Å². The second kappa shape index (κ2) is 5.12. The van der Waals surface area contributed by atoms with Gasteiger partial charge in [0.1, 0.15) is 11.6 Å². The summed E-state index contributed by atoms with van der Waals surface area (Å²) in [6.45, 7) is 2.29. The quantitative estimate of drug-likeness (QED) is 0.828. The van der Waals surface area contributed by atoms with Gasteiger partial charge < -0.3 is 10.4 Å². The topological polar surface area (TPSA) is 75.1 Å². The fourth-order valence-electron chi connectivity index (χ4n) is 2.15. The SMILES string of the molecule is Cc1nc2c(c(NCCC(=O)O)n1)CCCC2. The molecule has 5 nitrogen and oxygen atoms in total. The second-order valence-electron chi connectivity index (χ2n) is 4.32. The van der Waals surface area contributed by atoms with Crippen LogP contribution in [0.15, 0.2) is 0 Å². The predicted molar refractivity (Wildman–Crippen MR) is 64.2 cm³/mol. The summed E-state index contributed by atoms with van der Waals surface area (Å²) in [4.78, 5) is 19.3. The summed E-state index contributed by atoms with van der Waals surface area (Å²) in [5.74, 6) is 0.786. The van der Waals surface area contributed by atoms with Crippen molar-refractivity contribution >= 4 is 11.8 Å². The van der Waals surface area contributed by atoms with Gasteiger partial charge in [0.25, 0.3) is 0 Å². The Hall–Kier alpha value is -1.65. The number of hydrogen-bond donors (Lipinski definition) is 2. The van der Waals surface area contributed by atoms with E-state index in [1.54, 1.807) is 0 Å². The first-order valence-corrected chi connectivity index (χ1v) is 5.99. The zero-order valence-corrected chi connectivity index (χ0v) is 9.99. The number of anilines is 1. The van der Waals surface area contributed by atoms with E-state index in [0.29, 0.717) is 6.54 Å². The Labute approximate surface area is 100 Å². The molecule has 0 atom stereocenters. The third-order valence-corrected chi connectivity index (χ3v) is 2.93. The van der Waals surface area contributed by atoms with E-state index < -0.39 is 5.97 Å². The Morgan fingerprint density at radius 1 is 1.35 bits per heavy atom. The lowest BCUT2D eigenvalue weighted by Crippen LogP contribution is -2.15. The molecule has 1 aromatic rings. The third kappa shape index (κ3) is 2.93. The van der Waals surface area contributed by atoms with Crippen LogP contribution < -0.4 is 5.32 Å². The molecule has 0 aliphatic heterocycles. The molecule has 0 aromatic carbocycles. The highest BCUT2D eigenvalue weighted by Gasteiger charge is 2.16. The Bertz CT molecular complexity index is 432. The standard InChI is InChI=1S/C12H17N3O2/c1-8-14-10-5-3-2-4-9(10)12(15-8)13-7-6-11(16)17/h2-7H2,1H3,(H,16,17)(H,13,14,15). The molecule has 1 aromatic heterocycles. The average molecular weight is 235 g/mol. The highest BCUT2D eigenvalue weighted by Crippen LogP contribution is 2.25. The molecule has 17 heavy (non-hydrogen) atoms. The number of nitrogens with one attached hydrogen (secondary N) is 1. The van der Waals surface area contributed by atoms with E-state index in [1.807, 2.05) is 6.92 Å². The van der Waals surface area contributed by atoms with E-state index in [9.17, 15) is 4.79 Å². The van der Waals surface area contributed by atoms with Crippen molar-refractivity contribution < 1.29 is 9.90 Å². The van der Waals surface area contributed by atoms with Crippen molar-refractivity contribution in [2.75, 3.05) is 11.9 Å². The maximum Gasteiger partial charge on any atom is 0.305 e. The van der Waals surface area contributed by atoms with Crippen LogP contribution in [0.3, 0.4) is 0 Å². The van der Waals surface area contributed by atoms with Gasteiger partial charge in [0, 0.05) is 17.8 Å². The molecule has 0 bridgehead atoms. The van der Waals surface area contributed by atoms with Gasteiger partial charge in [-0.25, -0.2) is 9.97 Å². The molecule has 2 N–H and O–H groups in total. The molecule has 5 heteroatoms. The van der Waals surface area contributed by atoms with Crippen LogP contribution in [0.4, 0.5) is 5.82 Å². The van der Waals surface area contributed by atoms with Crippen molar-refractivity contribution in [3.63, 3.8) is 0 Å². The molecule has 0 radical (unpaired) electrons. The average Bonchev–Trinajstić information content (AvgIpc) is 2.28. The third-order valence-electron chi connectivity index (χ3n) is 2.93. The zero-order chi connectivity index (χ0) is 12.3. The number of aryl methyl sites for hydroxylation is 2. The molecule has 1 aliphatic carbocycles. The van der Waals surface area contributed by atoms with Crippen LogP contribution in [-0.2, 0) is 17.6 Å². The van der Waals surface area contributed by atoms with Crippen molar-refractivity contribution in [1.29, 1.82) is 0 Å². The van der Waals surface area contributed by atoms with Crippen LogP contribution in [-0.4, -0.2) is 27.6 Å². The number of nitrogens with zero attached hydrogens (tertiary/aromatic N) is 2. The second-order valence-corrected chi connectivity index (χ2v) is 4.32.